The van der Waals surface area contributed by atoms with Crippen molar-refractivity contribution >= 4 is 40.5 Å². The minimum atomic E-state index is -0.311. The fraction of sp³-hybridized carbons (Fsp3) is 0.152. The summed E-state index contributed by atoms with van der Waals surface area (Å²) in [5.41, 5.74) is 3.58. The minimum absolute atomic E-state index is 0.128. The zero-order chi connectivity index (χ0) is 28.6. The molecule has 1 aliphatic heterocycles. The average molecular weight is 587 g/mol. The van der Waals surface area contributed by atoms with Crippen molar-refractivity contribution in [2.75, 3.05) is 6.61 Å². The summed E-state index contributed by atoms with van der Waals surface area (Å²) in [6.07, 6.45) is 1.80. The molecule has 1 aliphatic rings. The van der Waals surface area contributed by atoms with Crippen molar-refractivity contribution in [1.82, 2.24) is 4.90 Å². The second-order valence-electron chi connectivity index (χ2n) is 9.25. The number of rotatable bonds is 10. The van der Waals surface area contributed by atoms with Gasteiger partial charge in [-0.05, 0) is 71.3 Å². The van der Waals surface area contributed by atoms with Gasteiger partial charge in [0.15, 0.2) is 16.7 Å². The molecule has 4 aromatic carbocycles. The Hall–Kier alpha value is -4.07. The molecule has 1 fully saturated rings. The molecular formula is C33H28ClFN2O3S. The van der Waals surface area contributed by atoms with Gasteiger partial charge in [0.25, 0.3) is 5.91 Å². The minimum Gasteiger partial charge on any atom is -0.490 e. The molecule has 208 valence electrons. The van der Waals surface area contributed by atoms with E-state index in [4.69, 9.17) is 26.1 Å². The number of thioether (sulfide) groups is 1. The first-order valence-corrected chi connectivity index (χ1v) is 14.4. The van der Waals surface area contributed by atoms with Crippen LogP contribution >= 0.6 is 23.4 Å². The maximum Gasteiger partial charge on any atom is 0.267 e. The molecule has 8 heteroatoms. The van der Waals surface area contributed by atoms with Crippen LogP contribution in [0, 0.1) is 5.82 Å². The van der Waals surface area contributed by atoms with Gasteiger partial charge in [-0.1, -0.05) is 84.4 Å². The summed E-state index contributed by atoms with van der Waals surface area (Å²) in [5.74, 6) is 0.412. The highest BCUT2D eigenvalue weighted by atomic mass is 35.5. The first-order chi connectivity index (χ1) is 20.0. The zero-order valence-corrected chi connectivity index (χ0v) is 24.0. The molecule has 0 atom stereocenters. The number of ether oxygens (including phenoxy) is 2. The van der Waals surface area contributed by atoms with Crippen LogP contribution in [0.5, 0.6) is 11.5 Å². The quantitative estimate of drug-likeness (QED) is 0.176. The molecule has 1 heterocycles. The number of carbonyl (C=O) groups is 1. The molecule has 1 amide bonds. The highest BCUT2D eigenvalue weighted by Gasteiger charge is 2.33. The van der Waals surface area contributed by atoms with E-state index in [1.165, 1.54) is 23.9 Å². The van der Waals surface area contributed by atoms with Gasteiger partial charge in [0.05, 0.1) is 29.6 Å². The number of aliphatic imine (C=N–C) groups is 1. The summed E-state index contributed by atoms with van der Waals surface area (Å²) in [4.78, 5) is 20.7. The van der Waals surface area contributed by atoms with E-state index in [-0.39, 0.29) is 18.3 Å². The molecule has 0 bridgehead atoms. The standard InChI is InChI=1S/C33H28ClFN2O3S/c1-2-39-29-18-26(17-28(34)31(29)40-22-25-13-15-27(35)16-14-25)19-30-32(38)37(21-24-11-7-4-8-12-24)33(41-30)36-20-23-9-5-3-6-10-23/h3-19H,2,20-22H2,1H3/b30-19+,36-33?. The van der Waals surface area contributed by atoms with E-state index in [0.717, 1.165) is 16.7 Å². The molecule has 0 saturated carbocycles. The van der Waals surface area contributed by atoms with Crippen LogP contribution in [0.1, 0.15) is 29.2 Å². The molecule has 0 N–H and O–H groups in total. The molecule has 5 rings (SSSR count). The molecule has 4 aromatic rings. The van der Waals surface area contributed by atoms with Crippen molar-refractivity contribution < 1.29 is 18.7 Å². The average Bonchev–Trinajstić information content (AvgIpc) is 3.27. The van der Waals surface area contributed by atoms with E-state index < -0.39 is 0 Å². The van der Waals surface area contributed by atoms with Crippen LogP contribution in [0.15, 0.2) is 107 Å². The van der Waals surface area contributed by atoms with E-state index in [9.17, 15) is 9.18 Å². The van der Waals surface area contributed by atoms with E-state index in [0.29, 0.717) is 51.9 Å². The Morgan fingerprint density at radius 3 is 2.27 bits per heavy atom. The molecule has 5 nitrogen and oxygen atoms in total. The Labute approximate surface area is 248 Å². The Morgan fingerprint density at radius 2 is 1.59 bits per heavy atom. The molecular weight excluding hydrogens is 559 g/mol. The molecule has 0 radical (unpaired) electrons. The zero-order valence-electron chi connectivity index (χ0n) is 22.4. The number of halogens is 2. The summed E-state index contributed by atoms with van der Waals surface area (Å²) in [5, 5.41) is 0.990. The first-order valence-electron chi connectivity index (χ1n) is 13.2. The Bertz CT molecular complexity index is 1560. The van der Waals surface area contributed by atoms with Gasteiger partial charge in [-0.3, -0.25) is 14.7 Å². The van der Waals surface area contributed by atoms with E-state index in [2.05, 4.69) is 0 Å². The monoisotopic (exact) mass is 586 g/mol. The number of amides is 1. The molecule has 0 aliphatic carbocycles. The third-order valence-corrected chi connectivity index (χ3v) is 7.56. The second kappa shape index (κ2) is 13.5. The van der Waals surface area contributed by atoms with Gasteiger partial charge in [0.1, 0.15) is 12.4 Å². The van der Waals surface area contributed by atoms with Crippen molar-refractivity contribution in [2.24, 2.45) is 4.99 Å². The molecule has 0 unspecified atom stereocenters. The van der Waals surface area contributed by atoms with Crippen molar-refractivity contribution in [1.29, 1.82) is 0 Å². The first kappa shape index (κ1) is 28.5. The van der Waals surface area contributed by atoms with Crippen LogP contribution < -0.4 is 9.47 Å². The van der Waals surface area contributed by atoms with Gasteiger partial charge in [-0.2, -0.15) is 0 Å². The van der Waals surface area contributed by atoms with E-state index >= 15 is 0 Å². The van der Waals surface area contributed by atoms with Gasteiger partial charge >= 0.3 is 0 Å². The van der Waals surface area contributed by atoms with Gasteiger partial charge < -0.3 is 9.47 Å². The van der Waals surface area contributed by atoms with Crippen molar-refractivity contribution in [3.63, 3.8) is 0 Å². The van der Waals surface area contributed by atoms with Gasteiger partial charge in [0, 0.05) is 0 Å². The summed E-state index contributed by atoms with van der Waals surface area (Å²) in [7, 11) is 0. The maximum atomic E-state index is 13.6. The summed E-state index contributed by atoms with van der Waals surface area (Å²) in [6, 6.07) is 29.4. The van der Waals surface area contributed by atoms with Crippen molar-refractivity contribution in [3.05, 3.63) is 135 Å². The Kier molecular flexibility index (Phi) is 9.39. The van der Waals surface area contributed by atoms with Crippen LogP contribution in [-0.2, 0) is 24.5 Å². The SMILES string of the molecule is CCOc1cc(/C=C2/SC(=NCc3ccccc3)N(Cc3ccccc3)C2=O)cc(Cl)c1OCc1ccc(F)cc1. The maximum absolute atomic E-state index is 13.6. The van der Waals surface area contributed by atoms with Crippen LogP contribution in [0.2, 0.25) is 5.02 Å². The lowest BCUT2D eigenvalue weighted by Crippen LogP contribution is -2.28. The lowest BCUT2D eigenvalue weighted by Gasteiger charge is -2.16. The largest absolute Gasteiger partial charge is 0.490 e. The lowest BCUT2D eigenvalue weighted by molar-refractivity contribution is -0.122. The fourth-order valence-corrected chi connectivity index (χ4v) is 5.49. The van der Waals surface area contributed by atoms with Crippen LogP contribution in [-0.4, -0.2) is 22.6 Å². The Morgan fingerprint density at radius 1 is 0.902 bits per heavy atom. The predicted molar refractivity (Wildman–Crippen MR) is 163 cm³/mol. The third kappa shape index (κ3) is 7.37. The van der Waals surface area contributed by atoms with E-state index in [1.807, 2.05) is 67.6 Å². The number of nitrogens with zero attached hydrogens (tertiary/aromatic N) is 2. The number of carbonyl (C=O) groups excluding carboxylic acids is 1. The highest BCUT2D eigenvalue weighted by Crippen LogP contribution is 2.40. The van der Waals surface area contributed by atoms with Crippen molar-refractivity contribution in [3.8, 4) is 11.5 Å². The highest BCUT2D eigenvalue weighted by molar-refractivity contribution is 8.18. The summed E-state index contributed by atoms with van der Waals surface area (Å²) >= 11 is 7.99. The van der Waals surface area contributed by atoms with Crippen LogP contribution in [0.3, 0.4) is 0 Å². The van der Waals surface area contributed by atoms with Gasteiger partial charge in [0.2, 0.25) is 0 Å². The fourth-order valence-electron chi connectivity index (χ4n) is 4.24. The number of benzene rings is 4. The lowest BCUT2D eigenvalue weighted by atomic mass is 10.1. The van der Waals surface area contributed by atoms with Crippen LogP contribution in [0.25, 0.3) is 6.08 Å². The molecule has 1 saturated heterocycles. The third-order valence-electron chi connectivity index (χ3n) is 6.24. The van der Waals surface area contributed by atoms with E-state index in [1.54, 1.807) is 35.2 Å². The number of hydrogen-bond acceptors (Lipinski definition) is 5. The topological polar surface area (TPSA) is 51.1 Å². The Balaban J connectivity index is 1.42. The molecule has 0 aromatic heterocycles. The van der Waals surface area contributed by atoms with Gasteiger partial charge in [-0.25, -0.2) is 4.39 Å². The smallest absolute Gasteiger partial charge is 0.267 e. The predicted octanol–water partition coefficient (Wildman–Crippen LogP) is 8.13. The molecule has 41 heavy (non-hydrogen) atoms. The summed E-state index contributed by atoms with van der Waals surface area (Å²) in [6.45, 7) is 3.35. The van der Waals surface area contributed by atoms with Crippen LogP contribution in [0.4, 0.5) is 4.39 Å². The van der Waals surface area contributed by atoms with Crippen molar-refractivity contribution in [2.45, 2.75) is 26.6 Å². The molecule has 0 spiro atoms. The normalized spacial score (nSPS) is 15.1. The number of amidine groups is 1. The van der Waals surface area contributed by atoms with Gasteiger partial charge in [-0.15, -0.1) is 0 Å². The second-order valence-corrected chi connectivity index (χ2v) is 10.7. The number of hydrogen-bond donors (Lipinski definition) is 0. The summed E-state index contributed by atoms with van der Waals surface area (Å²) < 4.78 is 25.1.